The molecule has 4 rings (SSSR count). The summed E-state index contributed by atoms with van der Waals surface area (Å²) in [6.45, 7) is 0. The minimum atomic E-state index is -0.706. The van der Waals surface area contributed by atoms with Crippen LogP contribution in [-0.4, -0.2) is 41.0 Å². The molecule has 0 amide bonds. The highest BCUT2D eigenvalue weighted by atomic mass is 16.5. The van der Waals surface area contributed by atoms with Gasteiger partial charge in [0.05, 0.1) is 19.9 Å². The summed E-state index contributed by atoms with van der Waals surface area (Å²) < 4.78 is 11.3. The molecule has 0 spiro atoms. The Labute approximate surface area is 184 Å². The topological polar surface area (TPSA) is 90.6 Å². The lowest BCUT2D eigenvalue weighted by atomic mass is 9.99. The number of nitrogens with zero attached hydrogens (tertiary/aromatic N) is 2. The number of hydrogen-bond donors (Lipinski definition) is 1. The first-order valence-electron chi connectivity index (χ1n) is 9.78. The number of hydrogen-bond acceptors (Lipinski definition) is 6. The molecule has 1 aromatic heterocycles. The lowest BCUT2D eigenvalue weighted by Crippen LogP contribution is -2.15. The second-order valence-electron chi connectivity index (χ2n) is 6.93. The fraction of sp³-hybridized carbons (Fsp3) is 0.0800. The summed E-state index contributed by atoms with van der Waals surface area (Å²) in [5.74, 6) is -1.23. The van der Waals surface area contributed by atoms with Crippen molar-refractivity contribution < 1.29 is 24.2 Å². The molecule has 0 radical (unpaired) electrons. The minimum absolute atomic E-state index is 0.0180. The largest absolute Gasteiger partial charge is 0.508 e. The van der Waals surface area contributed by atoms with E-state index in [1.807, 2.05) is 24.3 Å². The van der Waals surface area contributed by atoms with Crippen LogP contribution in [0.5, 0.6) is 5.75 Å². The molecule has 0 unspecified atom stereocenters. The monoisotopic (exact) mass is 428 g/mol. The molecule has 0 fully saturated rings. The molecule has 0 atom stereocenters. The van der Waals surface area contributed by atoms with Crippen LogP contribution < -0.4 is 0 Å². The van der Waals surface area contributed by atoms with Gasteiger partial charge in [-0.2, -0.15) is 5.10 Å². The van der Waals surface area contributed by atoms with Gasteiger partial charge in [-0.1, -0.05) is 48.5 Å². The van der Waals surface area contributed by atoms with Crippen LogP contribution in [0, 0.1) is 0 Å². The molecule has 1 heterocycles. The van der Waals surface area contributed by atoms with E-state index >= 15 is 0 Å². The van der Waals surface area contributed by atoms with Gasteiger partial charge in [0.25, 0.3) is 0 Å². The summed E-state index contributed by atoms with van der Waals surface area (Å²) in [6.07, 6.45) is 0. The molecule has 0 bridgehead atoms. The number of rotatable bonds is 5. The van der Waals surface area contributed by atoms with Gasteiger partial charge in [0.2, 0.25) is 0 Å². The Balaban J connectivity index is 1.95. The minimum Gasteiger partial charge on any atom is -0.508 e. The predicted molar refractivity (Wildman–Crippen MR) is 119 cm³/mol. The fourth-order valence-electron chi connectivity index (χ4n) is 3.46. The van der Waals surface area contributed by atoms with E-state index in [2.05, 4.69) is 5.10 Å². The number of carbonyl (C=O) groups is 2. The quantitative estimate of drug-likeness (QED) is 0.471. The number of ether oxygens (including phenoxy) is 2. The zero-order valence-corrected chi connectivity index (χ0v) is 17.5. The molecule has 0 aliphatic carbocycles. The zero-order chi connectivity index (χ0) is 22.7. The number of aromatic hydroxyl groups is 1. The van der Waals surface area contributed by atoms with Crippen LogP contribution in [0.15, 0.2) is 78.9 Å². The maximum atomic E-state index is 12.8. The molecule has 0 saturated carbocycles. The van der Waals surface area contributed by atoms with Crippen molar-refractivity contribution in [2.45, 2.75) is 0 Å². The van der Waals surface area contributed by atoms with Gasteiger partial charge in [-0.15, -0.1) is 0 Å². The van der Waals surface area contributed by atoms with Gasteiger partial charge in [0.1, 0.15) is 17.0 Å². The summed E-state index contributed by atoms with van der Waals surface area (Å²) in [6, 6.07) is 23.2. The van der Waals surface area contributed by atoms with E-state index in [-0.39, 0.29) is 17.0 Å². The molecule has 0 aliphatic heterocycles. The van der Waals surface area contributed by atoms with Gasteiger partial charge in [-0.25, -0.2) is 14.3 Å². The fourth-order valence-corrected chi connectivity index (χ4v) is 3.46. The Morgan fingerprint density at radius 1 is 0.781 bits per heavy atom. The number of methoxy groups -OCH3 is 2. The van der Waals surface area contributed by atoms with E-state index in [0.717, 1.165) is 11.1 Å². The van der Waals surface area contributed by atoms with Crippen molar-refractivity contribution in [3.05, 3.63) is 90.1 Å². The highest BCUT2D eigenvalue weighted by Gasteiger charge is 2.31. The van der Waals surface area contributed by atoms with Crippen LogP contribution >= 0.6 is 0 Å². The van der Waals surface area contributed by atoms with Gasteiger partial charge in [-0.3, -0.25) is 0 Å². The third-order valence-corrected chi connectivity index (χ3v) is 4.99. The number of phenolic OH excluding ortho intramolecular Hbond substituents is 1. The van der Waals surface area contributed by atoms with Crippen molar-refractivity contribution in [3.8, 4) is 33.8 Å². The maximum Gasteiger partial charge on any atom is 0.357 e. The van der Waals surface area contributed by atoms with Crippen LogP contribution in [0.3, 0.4) is 0 Å². The lowest BCUT2D eigenvalue weighted by Gasteiger charge is -2.07. The van der Waals surface area contributed by atoms with E-state index in [0.29, 0.717) is 16.9 Å². The molecule has 0 saturated heterocycles. The van der Waals surface area contributed by atoms with Crippen molar-refractivity contribution in [2.24, 2.45) is 0 Å². The summed E-state index contributed by atoms with van der Waals surface area (Å²) in [7, 11) is 2.50. The Morgan fingerprint density at radius 3 is 2.09 bits per heavy atom. The predicted octanol–water partition coefficient (Wildman–Crippen LogP) is 4.49. The molecule has 7 nitrogen and oxygen atoms in total. The number of para-hydroxylation sites is 1. The van der Waals surface area contributed by atoms with Crippen LogP contribution in [0.2, 0.25) is 0 Å². The number of carbonyl (C=O) groups excluding carboxylic acids is 2. The van der Waals surface area contributed by atoms with Crippen molar-refractivity contribution in [1.29, 1.82) is 0 Å². The van der Waals surface area contributed by atoms with Crippen molar-refractivity contribution in [2.75, 3.05) is 14.2 Å². The van der Waals surface area contributed by atoms with Crippen molar-refractivity contribution >= 4 is 11.9 Å². The molecule has 1 N–H and O–H groups in total. The Bertz CT molecular complexity index is 1280. The summed E-state index contributed by atoms with van der Waals surface area (Å²) >= 11 is 0. The summed E-state index contributed by atoms with van der Waals surface area (Å²) in [5.41, 5.74) is 3.24. The second-order valence-corrected chi connectivity index (χ2v) is 6.93. The molecular weight excluding hydrogens is 408 g/mol. The average Bonchev–Trinajstić information content (AvgIpc) is 3.25. The molecule has 4 aromatic rings. The van der Waals surface area contributed by atoms with Crippen LogP contribution in [0.4, 0.5) is 0 Å². The van der Waals surface area contributed by atoms with Gasteiger partial charge in [0.15, 0.2) is 5.69 Å². The van der Waals surface area contributed by atoms with E-state index in [1.54, 1.807) is 54.6 Å². The molecule has 160 valence electrons. The van der Waals surface area contributed by atoms with Gasteiger partial charge in [0, 0.05) is 5.56 Å². The zero-order valence-electron chi connectivity index (χ0n) is 17.5. The Hall–Kier alpha value is -4.39. The first kappa shape index (κ1) is 20.9. The van der Waals surface area contributed by atoms with E-state index in [4.69, 9.17) is 9.47 Å². The van der Waals surface area contributed by atoms with Crippen LogP contribution in [0.25, 0.3) is 28.1 Å². The van der Waals surface area contributed by atoms with Crippen LogP contribution in [0.1, 0.15) is 20.8 Å². The second kappa shape index (κ2) is 8.77. The molecule has 3 aromatic carbocycles. The highest BCUT2D eigenvalue weighted by molar-refractivity contribution is 6.07. The van der Waals surface area contributed by atoms with E-state index in [1.165, 1.54) is 18.9 Å². The molecular formula is C25H20N2O5. The Morgan fingerprint density at radius 2 is 1.44 bits per heavy atom. The van der Waals surface area contributed by atoms with Crippen LogP contribution in [-0.2, 0) is 9.47 Å². The SMILES string of the molecule is COC(=O)c1c(-c2cccc(-c3ccc(O)cc3)c2)nn(-c2ccccc2)c1C(=O)OC. The molecule has 32 heavy (non-hydrogen) atoms. The van der Waals surface area contributed by atoms with Crippen molar-refractivity contribution in [3.63, 3.8) is 0 Å². The molecule has 0 aliphatic rings. The van der Waals surface area contributed by atoms with Gasteiger partial charge < -0.3 is 14.6 Å². The number of benzene rings is 3. The number of esters is 2. The highest BCUT2D eigenvalue weighted by Crippen LogP contribution is 2.32. The van der Waals surface area contributed by atoms with E-state index < -0.39 is 11.9 Å². The van der Waals surface area contributed by atoms with Gasteiger partial charge in [-0.05, 0) is 41.5 Å². The van der Waals surface area contributed by atoms with Crippen molar-refractivity contribution in [1.82, 2.24) is 9.78 Å². The van der Waals surface area contributed by atoms with E-state index in [9.17, 15) is 14.7 Å². The third-order valence-electron chi connectivity index (χ3n) is 4.99. The third kappa shape index (κ3) is 3.83. The lowest BCUT2D eigenvalue weighted by molar-refractivity contribution is 0.0549. The first-order valence-corrected chi connectivity index (χ1v) is 9.78. The van der Waals surface area contributed by atoms with Gasteiger partial charge >= 0.3 is 11.9 Å². The first-order chi connectivity index (χ1) is 15.5. The molecule has 7 heteroatoms. The maximum absolute atomic E-state index is 12.8. The summed E-state index contributed by atoms with van der Waals surface area (Å²) in [4.78, 5) is 25.5. The smallest absolute Gasteiger partial charge is 0.357 e. The standard InChI is InChI=1S/C25H20N2O5/c1-31-24(29)21-22(18-8-6-7-17(15-18)16-11-13-20(28)14-12-16)26-27(23(21)25(30)32-2)19-9-4-3-5-10-19/h3-15,28H,1-2H3. The number of phenols is 1. The average molecular weight is 428 g/mol. The normalized spacial score (nSPS) is 10.6. The summed E-state index contributed by atoms with van der Waals surface area (Å²) in [5, 5.41) is 14.2. The Kier molecular flexibility index (Phi) is 5.72. The number of aromatic nitrogens is 2.